The average Bonchev–Trinajstić information content (AvgIpc) is 2.81. The van der Waals surface area contributed by atoms with Crippen molar-refractivity contribution in [3.8, 4) is 0 Å². The number of anilines is 2. The molecule has 0 amide bonds. The third-order valence-electron chi connectivity index (χ3n) is 6.74. The number of hydrogen-bond donors (Lipinski definition) is 0. The van der Waals surface area contributed by atoms with Crippen molar-refractivity contribution in [3.63, 3.8) is 0 Å². The Kier molecular flexibility index (Phi) is 13.2. The van der Waals surface area contributed by atoms with Crippen LogP contribution in [0.5, 0.6) is 0 Å². The van der Waals surface area contributed by atoms with Gasteiger partial charge in [0.25, 0.3) is 0 Å². The van der Waals surface area contributed by atoms with E-state index >= 15 is 0 Å². The first kappa shape index (κ1) is 30.7. The molecular weight excluding hydrogens is 485 g/mol. The zero-order valence-corrected chi connectivity index (χ0v) is 25.6. The second-order valence-electron chi connectivity index (χ2n) is 9.57. The SMILES string of the molecule is CCCCCCc1ccc2c(c1)N(CCC(C)S(=O)(=O)[O-])c1cc(CCCCCC)ccc1S2.[Na+]. The predicted molar refractivity (Wildman–Crippen MR) is 143 cm³/mol. The van der Waals surface area contributed by atoms with Gasteiger partial charge in [-0.3, -0.25) is 0 Å². The molecule has 35 heavy (non-hydrogen) atoms. The van der Waals surface area contributed by atoms with Crippen LogP contribution in [0, 0.1) is 0 Å². The Balaban J connectivity index is 0.00000432. The minimum Gasteiger partial charge on any atom is -0.748 e. The number of benzene rings is 2. The Morgan fingerprint density at radius 2 is 1.31 bits per heavy atom. The molecule has 0 fully saturated rings. The van der Waals surface area contributed by atoms with Crippen LogP contribution in [0.3, 0.4) is 0 Å². The molecule has 1 aliphatic heterocycles. The van der Waals surface area contributed by atoms with Crippen molar-refractivity contribution in [3.05, 3.63) is 47.5 Å². The average molecular weight is 526 g/mol. The molecule has 0 aromatic heterocycles. The second-order valence-corrected chi connectivity index (χ2v) is 12.4. The summed E-state index contributed by atoms with van der Waals surface area (Å²) < 4.78 is 34.7. The fourth-order valence-corrected chi connectivity index (χ4v) is 5.94. The number of unbranched alkanes of at least 4 members (excludes halogenated alkanes) is 6. The van der Waals surface area contributed by atoms with E-state index in [2.05, 4.69) is 55.1 Å². The van der Waals surface area contributed by atoms with Gasteiger partial charge in [-0.2, -0.15) is 0 Å². The van der Waals surface area contributed by atoms with Gasteiger partial charge in [0.05, 0.1) is 21.5 Å². The van der Waals surface area contributed by atoms with E-state index in [9.17, 15) is 13.0 Å². The standard InChI is InChI=1S/C28H41NO3S2.Na/c1-4-6-8-10-12-23-14-16-27-25(20-23)29(19-18-22(3)34(30,31)32)26-21-24(13-11-9-7-5-2)15-17-28(26)33-27;/h14-17,20-22H,4-13,18-19H2,1-3H3,(H,30,31,32);/q;+1/p-1. The fourth-order valence-electron chi connectivity index (χ4n) is 4.49. The van der Waals surface area contributed by atoms with Crippen molar-refractivity contribution < 1.29 is 42.5 Å². The van der Waals surface area contributed by atoms with Crippen molar-refractivity contribution in [1.29, 1.82) is 0 Å². The van der Waals surface area contributed by atoms with Crippen molar-refractivity contribution in [2.24, 2.45) is 0 Å². The van der Waals surface area contributed by atoms with Gasteiger partial charge in [-0.05, 0) is 74.4 Å². The minimum atomic E-state index is -4.29. The van der Waals surface area contributed by atoms with Crippen LogP contribution in [-0.2, 0) is 23.0 Å². The van der Waals surface area contributed by atoms with E-state index < -0.39 is 15.4 Å². The van der Waals surface area contributed by atoms with Crippen LogP contribution in [0.15, 0.2) is 46.2 Å². The first-order valence-corrected chi connectivity index (χ1v) is 15.3. The van der Waals surface area contributed by atoms with Crippen LogP contribution in [-0.4, -0.2) is 24.8 Å². The molecule has 0 saturated heterocycles. The fraction of sp³-hybridized carbons (Fsp3) is 0.571. The zero-order chi connectivity index (χ0) is 24.6. The molecule has 1 aliphatic rings. The van der Waals surface area contributed by atoms with Gasteiger partial charge in [-0.25, -0.2) is 8.42 Å². The summed E-state index contributed by atoms with van der Waals surface area (Å²) in [7, 11) is -4.29. The topological polar surface area (TPSA) is 60.4 Å². The molecule has 188 valence electrons. The van der Waals surface area contributed by atoms with Gasteiger partial charge in [-0.15, -0.1) is 0 Å². The van der Waals surface area contributed by atoms with Gasteiger partial charge >= 0.3 is 29.6 Å². The predicted octanol–water partition coefficient (Wildman–Crippen LogP) is 4.86. The summed E-state index contributed by atoms with van der Waals surface area (Å²) in [5, 5.41) is -0.900. The molecule has 0 spiro atoms. The Labute approximate surface area is 239 Å². The number of hydrogen-bond acceptors (Lipinski definition) is 5. The summed E-state index contributed by atoms with van der Waals surface area (Å²) >= 11 is 1.79. The quantitative estimate of drug-likeness (QED) is 0.200. The molecule has 0 saturated carbocycles. The van der Waals surface area contributed by atoms with E-state index in [1.807, 2.05) is 0 Å². The summed E-state index contributed by atoms with van der Waals surface area (Å²) in [6, 6.07) is 13.4. The first-order valence-electron chi connectivity index (χ1n) is 13.0. The molecule has 1 unspecified atom stereocenters. The van der Waals surface area contributed by atoms with E-state index in [0.717, 1.165) is 24.2 Å². The van der Waals surface area contributed by atoms with E-state index in [0.29, 0.717) is 13.0 Å². The van der Waals surface area contributed by atoms with Gasteiger partial charge in [-0.1, -0.05) is 76.3 Å². The second kappa shape index (κ2) is 15.0. The first-order chi connectivity index (χ1) is 16.3. The Bertz CT molecular complexity index is 981. The van der Waals surface area contributed by atoms with Crippen LogP contribution in [0.1, 0.15) is 89.7 Å². The van der Waals surface area contributed by atoms with Gasteiger partial charge in [0.2, 0.25) is 0 Å². The third kappa shape index (κ3) is 9.08. The van der Waals surface area contributed by atoms with E-state index in [1.165, 1.54) is 79.2 Å². The minimum absolute atomic E-state index is 0. The van der Waals surface area contributed by atoms with Crippen LogP contribution >= 0.6 is 11.8 Å². The van der Waals surface area contributed by atoms with Gasteiger partial charge in [0, 0.05) is 21.6 Å². The molecule has 1 heterocycles. The smallest absolute Gasteiger partial charge is 0.748 e. The largest absolute Gasteiger partial charge is 1.00 e. The molecule has 1 atom stereocenters. The number of aryl methyl sites for hydroxylation is 2. The third-order valence-corrected chi connectivity index (χ3v) is 9.09. The molecule has 4 nitrogen and oxygen atoms in total. The Morgan fingerprint density at radius 1 is 0.829 bits per heavy atom. The van der Waals surface area contributed by atoms with Crippen LogP contribution in [0.25, 0.3) is 0 Å². The zero-order valence-electron chi connectivity index (χ0n) is 22.0. The van der Waals surface area contributed by atoms with Crippen LogP contribution in [0.2, 0.25) is 0 Å². The van der Waals surface area contributed by atoms with E-state index in [-0.39, 0.29) is 29.6 Å². The van der Waals surface area contributed by atoms with E-state index in [1.54, 1.807) is 11.8 Å². The summed E-state index contributed by atoms with van der Waals surface area (Å²) in [5.41, 5.74) is 4.93. The van der Waals surface area contributed by atoms with Gasteiger partial charge in [0.1, 0.15) is 0 Å². The monoisotopic (exact) mass is 525 g/mol. The normalized spacial score (nSPS) is 13.7. The number of nitrogens with zero attached hydrogens (tertiary/aromatic N) is 1. The maximum atomic E-state index is 11.6. The molecule has 2 aromatic rings. The van der Waals surface area contributed by atoms with E-state index in [4.69, 9.17) is 0 Å². The summed E-state index contributed by atoms with van der Waals surface area (Å²) in [6.07, 6.45) is 12.3. The summed E-state index contributed by atoms with van der Waals surface area (Å²) in [5.74, 6) is 0. The molecule has 0 N–H and O–H groups in total. The van der Waals surface area contributed by atoms with Crippen molar-refractivity contribution in [2.45, 2.75) is 106 Å². The molecular formula is C28H40NNaO3S2. The van der Waals surface area contributed by atoms with Gasteiger partial charge in [0.15, 0.2) is 0 Å². The van der Waals surface area contributed by atoms with Crippen LogP contribution in [0.4, 0.5) is 11.4 Å². The number of fused-ring (bicyclic) bond motifs is 2. The van der Waals surface area contributed by atoms with Crippen LogP contribution < -0.4 is 34.5 Å². The Morgan fingerprint density at radius 3 is 1.74 bits per heavy atom. The van der Waals surface area contributed by atoms with Gasteiger partial charge < -0.3 is 9.45 Å². The molecule has 0 radical (unpaired) electrons. The summed E-state index contributed by atoms with van der Waals surface area (Å²) in [6.45, 7) is 6.50. The van der Waals surface area contributed by atoms with Crippen molar-refractivity contribution >= 4 is 33.3 Å². The van der Waals surface area contributed by atoms with Crippen molar-refractivity contribution in [2.75, 3.05) is 11.4 Å². The maximum absolute atomic E-state index is 11.6. The number of rotatable bonds is 14. The summed E-state index contributed by atoms with van der Waals surface area (Å²) in [4.78, 5) is 4.64. The molecule has 3 rings (SSSR count). The Hall–Kier alpha value is -0.500. The molecule has 0 aliphatic carbocycles. The van der Waals surface area contributed by atoms with Crippen molar-refractivity contribution in [1.82, 2.24) is 0 Å². The molecule has 0 bridgehead atoms. The maximum Gasteiger partial charge on any atom is 1.00 e. The molecule has 7 heteroatoms. The molecule has 2 aromatic carbocycles.